The number of anilines is 1. The Hall–Kier alpha value is -3.33. The Morgan fingerprint density at radius 2 is 2.19 bits per heavy atom. The van der Waals surface area contributed by atoms with Crippen LogP contribution in [0.2, 0.25) is 0 Å². The van der Waals surface area contributed by atoms with E-state index in [2.05, 4.69) is 28.5 Å². The Morgan fingerprint density at radius 1 is 1.38 bits per heavy atom. The molecule has 1 aliphatic carbocycles. The van der Waals surface area contributed by atoms with E-state index in [1.165, 1.54) is 0 Å². The van der Waals surface area contributed by atoms with E-state index in [1.54, 1.807) is 6.20 Å². The van der Waals surface area contributed by atoms with Crippen LogP contribution in [0.5, 0.6) is 0 Å². The third kappa shape index (κ3) is 6.10. The van der Waals surface area contributed by atoms with Crippen LogP contribution in [0.15, 0.2) is 41.0 Å². The number of para-hydroxylation sites is 2. The molecule has 2 atom stereocenters. The number of aryl methyl sites for hydroxylation is 1. The van der Waals surface area contributed by atoms with E-state index >= 15 is 0 Å². The van der Waals surface area contributed by atoms with E-state index in [9.17, 15) is 4.79 Å². The van der Waals surface area contributed by atoms with Gasteiger partial charge in [0.1, 0.15) is 11.5 Å². The van der Waals surface area contributed by atoms with Crippen LogP contribution in [-0.2, 0) is 0 Å². The monoisotopic (exact) mass is 431 g/mol. The van der Waals surface area contributed by atoms with Gasteiger partial charge in [0.15, 0.2) is 0 Å². The SMILES string of the molecule is C#CC/C(=C\n1cc(C(=O)N[C@@H]2CCC[C@H](C=Nc3ccccc3NC)C2)nc1C)CC. The van der Waals surface area contributed by atoms with Crippen molar-refractivity contribution in [2.24, 2.45) is 10.9 Å². The molecule has 0 aliphatic heterocycles. The van der Waals surface area contributed by atoms with Crippen molar-refractivity contribution in [3.8, 4) is 12.3 Å². The zero-order valence-corrected chi connectivity index (χ0v) is 19.3. The number of benzene rings is 1. The first kappa shape index (κ1) is 23.3. The first-order valence-electron chi connectivity index (χ1n) is 11.3. The van der Waals surface area contributed by atoms with E-state index in [0.717, 1.165) is 54.9 Å². The lowest BCUT2D eigenvalue weighted by Gasteiger charge is -2.27. The highest BCUT2D eigenvalue weighted by molar-refractivity contribution is 5.92. The highest BCUT2D eigenvalue weighted by atomic mass is 16.2. The molecule has 6 heteroatoms. The molecule has 0 radical (unpaired) electrons. The molecule has 3 rings (SSSR count). The third-order valence-corrected chi connectivity index (χ3v) is 5.90. The minimum atomic E-state index is -0.127. The molecule has 0 unspecified atom stereocenters. The summed E-state index contributed by atoms with van der Waals surface area (Å²) in [5, 5.41) is 6.35. The number of rotatable bonds is 8. The van der Waals surface area contributed by atoms with E-state index in [-0.39, 0.29) is 11.9 Å². The Bertz CT molecular complexity index is 1030. The smallest absolute Gasteiger partial charge is 0.271 e. The van der Waals surface area contributed by atoms with Crippen LogP contribution in [-0.4, -0.2) is 34.8 Å². The zero-order chi connectivity index (χ0) is 22.9. The van der Waals surface area contributed by atoms with E-state index in [1.807, 2.05) is 55.2 Å². The summed E-state index contributed by atoms with van der Waals surface area (Å²) in [6.45, 7) is 3.97. The van der Waals surface area contributed by atoms with Gasteiger partial charge in [0.25, 0.3) is 5.91 Å². The second kappa shape index (κ2) is 11.3. The molecule has 0 bridgehead atoms. The molecule has 32 heavy (non-hydrogen) atoms. The van der Waals surface area contributed by atoms with Gasteiger partial charge in [0.2, 0.25) is 0 Å². The van der Waals surface area contributed by atoms with Gasteiger partial charge in [-0.2, -0.15) is 0 Å². The van der Waals surface area contributed by atoms with Crippen molar-refractivity contribution in [2.45, 2.75) is 58.4 Å². The standard InChI is InChI=1S/C26H33N5O/c1-5-10-20(6-2)17-31-18-25(29-19(31)3)26(32)30-22-12-9-11-21(15-22)16-28-24-14-8-7-13-23(24)27-4/h1,7-8,13-14,16-18,21-22,27H,6,9-12,15H2,2-4H3,(H,30,32)/b20-17-,28-16?/t21-,22+/m0/s1. The van der Waals surface area contributed by atoms with Crippen LogP contribution in [0.25, 0.3) is 6.20 Å². The number of amides is 1. The molecule has 6 nitrogen and oxygen atoms in total. The maximum absolute atomic E-state index is 12.8. The second-order valence-corrected chi connectivity index (χ2v) is 8.24. The van der Waals surface area contributed by atoms with Crippen LogP contribution in [0, 0.1) is 25.2 Å². The van der Waals surface area contributed by atoms with E-state index in [4.69, 9.17) is 11.4 Å². The summed E-state index contributed by atoms with van der Waals surface area (Å²) >= 11 is 0. The van der Waals surface area contributed by atoms with Gasteiger partial charge >= 0.3 is 0 Å². The second-order valence-electron chi connectivity index (χ2n) is 8.24. The number of terminal acetylenes is 1. The van der Waals surface area contributed by atoms with Gasteiger partial charge in [0, 0.05) is 38.1 Å². The first-order valence-corrected chi connectivity index (χ1v) is 11.3. The van der Waals surface area contributed by atoms with Gasteiger partial charge in [0.05, 0.1) is 11.4 Å². The van der Waals surface area contributed by atoms with Crippen LogP contribution < -0.4 is 10.6 Å². The van der Waals surface area contributed by atoms with Gasteiger partial charge < -0.3 is 15.2 Å². The normalized spacial score (nSPS) is 19.0. The molecule has 2 aromatic rings. The number of aromatic nitrogens is 2. The molecule has 1 fully saturated rings. The van der Waals surface area contributed by atoms with Crippen molar-refractivity contribution in [1.82, 2.24) is 14.9 Å². The quantitative estimate of drug-likeness (QED) is 0.446. The molecule has 0 saturated heterocycles. The zero-order valence-electron chi connectivity index (χ0n) is 19.3. The fourth-order valence-electron chi connectivity index (χ4n) is 4.05. The fourth-order valence-corrected chi connectivity index (χ4v) is 4.05. The minimum Gasteiger partial charge on any atom is -0.386 e. The number of carbonyl (C=O) groups excluding carboxylic acids is 1. The number of imidazole rings is 1. The number of carbonyl (C=O) groups is 1. The summed E-state index contributed by atoms with van der Waals surface area (Å²) in [5.41, 5.74) is 3.52. The van der Waals surface area contributed by atoms with Crippen LogP contribution in [0.3, 0.4) is 0 Å². The van der Waals surface area contributed by atoms with Gasteiger partial charge in [-0.3, -0.25) is 9.79 Å². The first-order chi connectivity index (χ1) is 15.5. The summed E-state index contributed by atoms with van der Waals surface area (Å²) in [6, 6.07) is 8.13. The Morgan fingerprint density at radius 3 is 2.94 bits per heavy atom. The lowest BCUT2D eigenvalue weighted by molar-refractivity contribution is 0.0920. The van der Waals surface area contributed by atoms with Crippen molar-refractivity contribution in [2.75, 3.05) is 12.4 Å². The molecule has 1 aromatic carbocycles. The van der Waals surface area contributed by atoms with Crippen LogP contribution in [0.4, 0.5) is 11.4 Å². The Balaban J connectivity index is 1.62. The fraction of sp³-hybridized carbons (Fsp3) is 0.423. The molecule has 0 spiro atoms. The average Bonchev–Trinajstić information content (AvgIpc) is 3.18. The Labute approximate surface area is 191 Å². The van der Waals surface area contributed by atoms with Crippen molar-refractivity contribution < 1.29 is 4.79 Å². The molecule has 1 aliphatic rings. The van der Waals surface area contributed by atoms with Crippen LogP contribution in [0.1, 0.15) is 61.8 Å². The number of nitrogens with one attached hydrogen (secondary N) is 2. The highest BCUT2D eigenvalue weighted by Gasteiger charge is 2.23. The summed E-state index contributed by atoms with van der Waals surface area (Å²) < 4.78 is 1.89. The molecular weight excluding hydrogens is 398 g/mol. The van der Waals surface area contributed by atoms with Crippen molar-refractivity contribution in [3.05, 3.63) is 47.6 Å². The minimum absolute atomic E-state index is 0.126. The number of hydrogen-bond acceptors (Lipinski definition) is 4. The van der Waals surface area contributed by atoms with E-state index < -0.39 is 0 Å². The van der Waals surface area contributed by atoms with E-state index in [0.29, 0.717) is 18.0 Å². The topological polar surface area (TPSA) is 71.3 Å². The number of aliphatic imine (C=N–C) groups is 1. The van der Waals surface area contributed by atoms with Crippen molar-refractivity contribution >= 4 is 29.7 Å². The molecule has 1 amide bonds. The van der Waals surface area contributed by atoms with Crippen molar-refractivity contribution in [3.63, 3.8) is 0 Å². The third-order valence-electron chi connectivity index (χ3n) is 5.90. The number of hydrogen-bond donors (Lipinski definition) is 2. The predicted octanol–water partition coefficient (Wildman–Crippen LogP) is 5.20. The lowest BCUT2D eigenvalue weighted by atomic mass is 9.86. The number of nitrogens with zero attached hydrogens (tertiary/aromatic N) is 3. The van der Waals surface area contributed by atoms with Crippen LogP contribution >= 0.6 is 0 Å². The van der Waals surface area contributed by atoms with Gasteiger partial charge in [-0.05, 0) is 56.2 Å². The summed E-state index contributed by atoms with van der Waals surface area (Å²) in [7, 11) is 1.90. The maximum atomic E-state index is 12.8. The van der Waals surface area contributed by atoms with Gasteiger partial charge in [-0.25, -0.2) is 4.98 Å². The Kier molecular flexibility index (Phi) is 8.27. The summed E-state index contributed by atoms with van der Waals surface area (Å²) in [4.78, 5) is 22.0. The molecular formula is C26H33N5O. The summed E-state index contributed by atoms with van der Waals surface area (Å²) in [6.07, 6.45) is 16.7. The average molecular weight is 432 g/mol. The molecule has 2 N–H and O–H groups in total. The molecule has 1 aromatic heterocycles. The largest absolute Gasteiger partial charge is 0.386 e. The predicted molar refractivity (Wildman–Crippen MR) is 132 cm³/mol. The maximum Gasteiger partial charge on any atom is 0.271 e. The number of allylic oxidation sites excluding steroid dienone is 1. The van der Waals surface area contributed by atoms with Gasteiger partial charge in [-0.15, -0.1) is 12.3 Å². The highest BCUT2D eigenvalue weighted by Crippen LogP contribution is 2.27. The summed E-state index contributed by atoms with van der Waals surface area (Å²) in [5.74, 6) is 3.67. The van der Waals surface area contributed by atoms with Gasteiger partial charge in [-0.1, -0.05) is 25.5 Å². The molecule has 1 heterocycles. The molecule has 1 saturated carbocycles. The van der Waals surface area contributed by atoms with Crippen molar-refractivity contribution in [1.29, 1.82) is 0 Å². The lowest BCUT2D eigenvalue weighted by Crippen LogP contribution is -2.38. The molecule has 168 valence electrons.